The summed E-state index contributed by atoms with van der Waals surface area (Å²) in [7, 11) is -3.87. The Bertz CT molecular complexity index is 1030. The van der Waals surface area contributed by atoms with Gasteiger partial charge in [-0.25, -0.2) is 0 Å². The normalized spacial score (nSPS) is 14.8. The SMILES string of the molecule is O=C(CSC1=NS(=O)(=O)c2cc(Cl)ccc2N1)Nc1ccc(Cl)c(Cl)c1. The van der Waals surface area contributed by atoms with Crippen LogP contribution >= 0.6 is 46.6 Å². The van der Waals surface area contributed by atoms with Crippen LogP contribution in [-0.4, -0.2) is 25.2 Å². The highest BCUT2D eigenvalue weighted by Crippen LogP contribution is 2.31. The van der Waals surface area contributed by atoms with E-state index in [1.165, 1.54) is 12.1 Å². The van der Waals surface area contributed by atoms with Crippen molar-refractivity contribution in [3.8, 4) is 0 Å². The molecule has 1 aliphatic heterocycles. The molecule has 2 N–H and O–H groups in total. The van der Waals surface area contributed by atoms with E-state index in [4.69, 9.17) is 34.8 Å². The van der Waals surface area contributed by atoms with Gasteiger partial charge in [0.1, 0.15) is 4.90 Å². The Balaban J connectivity index is 1.66. The van der Waals surface area contributed by atoms with Crippen molar-refractivity contribution in [1.82, 2.24) is 0 Å². The summed E-state index contributed by atoms with van der Waals surface area (Å²) in [4.78, 5) is 12.0. The second-order valence-electron chi connectivity index (χ2n) is 5.10. The number of carbonyl (C=O) groups is 1. The fraction of sp³-hybridized carbons (Fsp3) is 0.0667. The van der Waals surface area contributed by atoms with Crippen molar-refractivity contribution in [1.29, 1.82) is 0 Å². The lowest BCUT2D eigenvalue weighted by molar-refractivity contribution is -0.113. The monoisotopic (exact) mass is 449 g/mol. The predicted molar refractivity (Wildman–Crippen MR) is 107 cm³/mol. The molecule has 2 aromatic rings. The lowest BCUT2D eigenvalue weighted by Crippen LogP contribution is -2.22. The molecule has 1 amide bonds. The fourth-order valence-corrected chi connectivity index (χ4v) is 4.67. The summed E-state index contributed by atoms with van der Waals surface area (Å²) in [5.74, 6) is -0.401. The van der Waals surface area contributed by atoms with Gasteiger partial charge in [-0.15, -0.1) is 4.40 Å². The van der Waals surface area contributed by atoms with Crippen molar-refractivity contribution in [2.75, 3.05) is 16.4 Å². The van der Waals surface area contributed by atoms with E-state index in [9.17, 15) is 13.2 Å². The van der Waals surface area contributed by atoms with Crippen LogP contribution in [0.5, 0.6) is 0 Å². The molecule has 26 heavy (non-hydrogen) atoms. The number of anilines is 2. The minimum absolute atomic E-state index is 0.00499. The molecule has 0 saturated carbocycles. The number of hydrogen-bond donors (Lipinski definition) is 2. The Hall–Kier alpha value is -1.45. The first-order chi connectivity index (χ1) is 12.2. The third-order valence-corrected chi connectivity index (χ3v) is 6.49. The number of carbonyl (C=O) groups excluding carboxylic acids is 1. The molecule has 3 rings (SSSR count). The number of nitrogens with zero attached hydrogens (tertiary/aromatic N) is 1. The van der Waals surface area contributed by atoms with Gasteiger partial charge in [0.25, 0.3) is 10.0 Å². The van der Waals surface area contributed by atoms with Gasteiger partial charge in [0.2, 0.25) is 5.91 Å². The van der Waals surface area contributed by atoms with Gasteiger partial charge in [0.05, 0.1) is 21.5 Å². The number of halogens is 3. The number of amidine groups is 1. The Morgan fingerprint density at radius 1 is 1.12 bits per heavy atom. The Morgan fingerprint density at radius 3 is 2.62 bits per heavy atom. The van der Waals surface area contributed by atoms with E-state index in [2.05, 4.69) is 15.0 Å². The zero-order valence-corrected chi connectivity index (χ0v) is 16.7. The summed E-state index contributed by atoms with van der Waals surface area (Å²) in [6.07, 6.45) is 0. The number of hydrogen-bond acceptors (Lipinski definition) is 5. The number of thioether (sulfide) groups is 1. The number of benzene rings is 2. The molecule has 136 valence electrons. The minimum atomic E-state index is -3.87. The van der Waals surface area contributed by atoms with Crippen LogP contribution in [0.2, 0.25) is 15.1 Å². The van der Waals surface area contributed by atoms with E-state index in [-0.39, 0.29) is 21.7 Å². The van der Waals surface area contributed by atoms with Crippen molar-refractivity contribution in [3.63, 3.8) is 0 Å². The minimum Gasteiger partial charge on any atom is -0.333 e. The number of fused-ring (bicyclic) bond motifs is 1. The number of nitrogens with one attached hydrogen (secondary N) is 2. The number of amides is 1. The molecule has 0 atom stereocenters. The van der Waals surface area contributed by atoms with Gasteiger partial charge in [-0.1, -0.05) is 46.6 Å². The van der Waals surface area contributed by atoms with Gasteiger partial charge in [0, 0.05) is 10.7 Å². The van der Waals surface area contributed by atoms with Gasteiger partial charge < -0.3 is 10.6 Å². The molecule has 0 fully saturated rings. The first-order valence-electron chi connectivity index (χ1n) is 7.04. The predicted octanol–water partition coefficient (Wildman–Crippen LogP) is 4.49. The maximum atomic E-state index is 12.2. The highest BCUT2D eigenvalue weighted by molar-refractivity contribution is 8.15. The van der Waals surface area contributed by atoms with E-state index in [1.807, 2.05) is 0 Å². The molecule has 2 aromatic carbocycles. The molecule has 0 spiro atoms. The van der Waals surface area contributed by atoms with Crippen molar-refractivity contribution in [3.05, 3.63) is 51.5 Å². The van der Waals surface area contributed by atoms with E-state index in [0.29, 0.717) is 26.4 Å². The van der Waals surface area contributed by atoms with Crippen LogP contribution < -0.4 is 10.6 Å². The molecule has 6 nitrogen and oxygen atoms in total. The zero-order chi connectivity index (χ0) is 18.9. The van der Waals surface area contributed by atoms with Crippen molar-refractivity contribution in [2.24, 2.45) is 4.40 Å². The van der Waals surface area contributed by atoms with Gasteiger partial charge in [-0.2, -0.15) is 8.42 Å². The Labute approximate surface area is 169 Å². The molecule has 1 heterocycles. The van der Waals surface area contributed by atoms with Crippen molar-refractivity contribution < 1.29 is 13.2 Å². The fourth-order valence-electron chi connectivity index (χ4n) is 2.08. The molecule has 0 bridgehead atoms. The first-order valence-corrected chi connectivity index (χ1v) is 10.6. The largest absolute Gasteiger partial charge is 0.333 e. The topological polar surface area (TPSA) is 87.6 Å². The van der Waals surface area contributed by atoms with Crippen LogP contribution in [0.4, 0.5) is 11.4 Å². The number of sulfonamides is 1. The molecule has 0 aromatic heterocycles. The van der Waals surface area contributed by atoms with Gasteiger partial charge in [-0.3, -0.25) is 4.79 Å². The van der Waals surface area contributed by atoms with Gasteiger partial charge >= 0.3 is 0 Å². The lowest BCUT2D eigenvalue weighted by Gasteiger charge is -2.17. The number of rotatable bonds is 3. The molecule has 0 radical (unpaired) electrons. The summed E-state index contributed by atoms with van der Waals surface area (Å²) < 4.78 is 28.1. The lowest BCUT2D eigenvalue weighted by atomic mass is 10.3. The van der Waals surface area contributed by atoms with Crippen molar-refractivity contribution >= 4 is 79.0 Å². The Morgan fingerprint density at radius 2 is 1.88 bits per heavy atom. The zero-order valence-electron chi connectivity index (χ0n) is 12.8. The van der Waals surface area contributed by atoms with Crippen LogP contribution in [-0.2, 0) is 14.8 Å². The molecule has 0 saturated heterocycles. The maximum Gasteiger partial charge on any atom is 0.286 e. The summed E-state index contributed by atoms with van der Waals surface area (Å²) in [5, 5.41) is 6.61. The summed E-state index contributed by atoms with van der Waals surface area (Å²) in [5.41, 5.74) is 0.841. The summed E-state index contributed by atoms with van der Waals surface area (Å²) in [6, 6.07) is 9.12. The highest BCUT2D eigenvalue weighted by Gasteiger charge is 2.25. The second-order valence-corrected chi connectivity index (χ2v) is 8.89. The summed E-state index contributed by atoms with van der Waals surface area (Å²) >= 11 is 18.5. The van der Waals surface area contributed by atoms with E-state index >= 15 is 0 Å². The average molecular weight is 451 g/mol. The van der Waals surface area contributed by atoms with E-state index in [0.717, 1.165) is 11.8 Å². The molecule has 11 heteroatoms. The molecular formula is C15H10Cl3N3O3S2. The van der Waals surface area contributed by atoms with Crippen LogP contribution in [0, 0.1) is 0 Å². The summed E-state index contributed by atoms with van der Waals surface area (Å²) in [6.45, 7) is 0. The smallest absolute Gasteiger partial charge is 0.286 e. The van der Waals surface area contributed by atoms with Crippen LogP contribution in [0.3, 0.4) is 0 Å². The maximum absolute atomic E-state index is 12.2. The second kappa shape index (κ2) is 7.66. The quantitative estimate of drug-likeness (QED) is 0.719. The molecule has 1 aliphatic rings. The first kappa shape index (κ1) is 19.3. The highest BCUT2D eigenvalue weighted by atomic mass is 35.5. The third-order valence-electron chi connectivity index (χ3n) is 3.21. The standard InChI is InChI=1S/C15H10Cl3N3O3S2/c16-8-1-4-12-13(5-8)26(23,24)21-15(20-12)25-7-14(22)19-9-2-3-10(17)11(18)6-9/h1-6H,7H2,(H,19,22)(H,20,21). The van der Waals surface area contributed by atoms with E-state index < -0.39 is 10.0 Å². The molecule has 0 aliphatic carbocycles. The average Bonchev–Trinajstić information content (AvgIpc) is 2.57. The van der Waals surface area contributed by atoms with Crippen LogP contribution in [0.15, 0.2) is 45.7 Å². The van der Waals surface area contributed by atoms with Gasteiger partial charge in [0.15, 0.2) is 5.17 Å². The van der Waals surface area contributed by atoms with E-state index in [1.54, 1.807) is 24.3 Å². The van der Waals surface area contributed by atoms with Crippen molar-refractivity contribution in [2.45, 2.75) is 4.90 Å². The van der Waals surface area contributed by atoms with Crippen LogP contribution in [0.25, 0.3) is 0 Å². The van der Waals surface area contributed by atoms with Crippen LogP contribution in [0.1, 0.15) is 0 Å². The molecule has 0 unspecified atom stereocenters. The van der Waals surface area contributed by atoms with Gasteiger partial charge in [-0.05, 0) is 36.4 Å². The molecular weight excluding hydrogens is 441 g/mol. The Kier molecular flexibility index (Phi) is 5.69. The third kappa shape index (κ3) is 4.44.